The van der Waals surface area contributed by atoms with E-state index in [1.165, 1.54) is 5.69 Å². The van der Waals surface area contributed by atoms with Crippen molar-refractivity contribution in [2.75, 3.05) is 47.0 Å². The molecule has 3 aromatic carbocycles. The van der Waals surface area contributed by atoms with E-state index in [9.17, 15) is 13.2 Å². The molecule has 0 atom stereocenters. The van der Waals surface area contributed by atoms with Gasteiger partial charge in [-0.05, 0) is 58.7 Å². The predicted molar refractivity (Wildman–Crippen MR) is 171 cm³/mol. The summed E-state index contributed by atoms with van der Waals surface area (Å²) in [5.74, 6) is 0.973. The number of aromatic nitrogens is 3. The molecule has 1 aliphatic heterocycles. The molecule has 1 N–H and O–H groups in total. The maximum atomic E-state index is 12.7. The van der Waals surface area contributed by atoms with Crippen molar-refractivity contribution in [2.24, 2.45) is 0 Å². The molecule has 10 heteroatoms. The average Bonchev–Trinajstić information content (AvgIpc) is 3.02. The summed E-state index contributed by atoms with van der Waals surface area (Å²) in [7, 11) is -3.33. The van der Waals surface area contributed by atoms with Gasteiger partial charge in [0.25, 0.3) is 0 Å². The van der Waals surface area contributed by atoms with E-state index in [4.69, 9.17) is 4.98 Å². The van der Waals surface area contributed by atoms with Crippen molar-refractivity contribution in [3.05, 3.63) is 109 Å². The van der Waals surface area contributed by atoms with Crippen molar-refractivity contribution in [3.8, 4) is 11.1 Å². The van der Waals surface area contributed by atoms with Gasteiger partial charge in [0.15, 0.2) is 0 Å². The van der Waals surface area contributed by atoms with Crippen LogP contribution in [0, 0.1) is 0 Å². The Balaban J connectivity index is 1.08. The zero-order chi connectivity index (χ0) is 29.8. The summed E-state index contributed by atoms with van der Waals surface area (Å²) in [4.78, 5) is 31.1. The molecule has 43 heavy (non-hydrogen) atoms. The molecule has 3 heterocycles. The van der Waals surface area contributed by atoms with Crippen LogP contribution in [0.2, 0.25) is 0 Å². The van der Waals surface area contributed by atoms with Crippen molar-refractivity contribution < 1.29 is 13.2 Å². The Morgan fingerprint density at radius 3 is 2.02 bits per heavy atom. The van der Waals surface area contributed by atoms with E-state index in [1.807, 2.05) is 67.1 Å². The van der Waals surface area contributed by atoms with E-state index in [0.717, 1.165) is 71.5 Å². The molecule has 218 valence electrons. The van der Waals surface area contributed by atoms with Gasteiger partial charge in [-0.2, -0.15) is 0 Å². The monoisotopic (exact) mass is 592 g/mol. The van der Waals surface area contributed by atoms with Gasteiger partial charge < -0.3 is 9.80 Å². The molecule has 1 fully saturated rings. The summed E-state index contributed by atoms with van der Waals surface area (Å²) >= 11 is 0. The highest BCUT2D eigenvalue weighted by atomic mass is 32.2. The lowest BCUT2D eigenvalue weighted by atomic mass is 9.99. The molecule has 0 amide bonds. The summed E-state index contributed by atoms with van der Waals surface area (Å²) in [6.45, 7) is 3.56. The van der Waals surface area contributed by atoms with Gasteiger partial charge in [0, 0.05) is 62.8 Å². The van der Waals surface area contributed by atoms with Crippen LogP contribution in [-0.2, 0) is 27.7 Å². The molecule has 0 spiro atoms. The summed E-state index contributed by atoms with van der Waals surface area (Å²) in [5.41, 5.74) is 7.24. The van der Waals surface area contributed by atoms with Gasteiger partial charge in [0.2, 0.25) is 10.0 Å². The number of anilines is 3. The smallest absolute Gasteiger partial charge is 0.229 e. The highest BCUT2D eigenvalue weighted by molar-refractivity contribution is 7.92. The number of benzene rings is 3. The Labute approximate surface area is 251 Å². The first kappa shape index (κ1) is 28.3. The number of ketones is 1. The normalized spacial score (nSPS) is 13.7. The first-order valence-corrected chi connectivity index (χ1v) is 16.0. The maximum absolute atomic E-state index is 12.7. The highest BCUT2D eigenvalue weighted by Gasteiger charge is 2.19. The highest BCUT2D eigenvalue weighted by Crippen LogP contribution is 2.26. The molecule has 0 radical (unpaired) electrons. The fourth-order valence-electron chi connectivity index (χ4n) is 5.32. The lowest BCUT2D eigenvalue weighted by Crippen LogP contribution is -2.46. The summed E-state index contributed by atoms with van der Waals surface area (Å²) < 4.78 is 25.2. The number of sulfonamides is 1. The topological polar surface area (TPSA) is 108 Å². The molecule has 5 aromatic rings. The minimum Gasteiger partial charge on any atom is -0.368 e. The summed E-state index contributed by atoms with van der Waals surface area (Å²) in [6.07, 6.45) is 7.22. The Kier molecular flexibility index (Phi) is 8.02. The Hall–Kier alpha value is -4.83. The third kappa shape index (κ3) is 7.15. The number of piperazine rings is 1. The molecule has 0 unspecified atom stereocenters. The zero-order valence-electron chi connectivity index (χ0n) is 23.8. The fourth-order valence-corrected chi connectivity index (χ4v) is 5.88. The summed E-state index contributed by atoms with van der Waals surface area (Å²) in [5, 5.41) is 0. The first-order valence-electron chi connectivity index (χ1n) is 14.1. The van der Waals surface area contributed by atoms with Gasteiger partial charge in [0.1, 0.15) is 11.6 Å². The fraction of sp³-hybridized carbons (Fsp3) is 0.212. The average molecular weight is 593 g/mol. The molecule has 2 aromatic heterocycles. The molecule has 0 saturated carbocycles. The van der Waals surface area contributed by atoms with Crippen LogP contribution in [0.25, 0.3) is 22.2 Å². The van der Waals surface area contributed by atoms with Gasteiger partial charge in [-0.3, -0.25) is 19.5 Å². The SMILES string of the molecule is CS(=O)(=O)Nc1ccc(CC(=O)Cc2ccc(-c3ccc4ncc(N5CCN(c6ccncc6)CC5)nc4c3)cc2)cc1. The summed E-state index contributed by atoms with van der Waals surface area (Å²) in [6, 6.07) is 25.1. The molecular formula is C33H32N6O3S. The molecule has 0 aliphatic carbocycles. The third-order valence-electron chi connectivity index (χ3n) is 7.51. The van der Waals surface area contributed by atoms with E-state index in [-0.39, 0.29) is 12.2 Å². The Bertz CT molecular complexity index is 1840. The van der Waals surface area contributed by atoms with Gasteiger partial charge >= 0.3 is 0 Å². The molecular weight excluding hydrogens is 560 g/mol. The number of pyridine rings is 1. The lowest BCUT2D eigenvalue weighted by molar-refractivity contribution is -0.117. The second-order valence-corrected chi connectivity index (χ2v) is 12.5. The van der Waals surface area contributed by atoms with Gasteiger partial charge in [0.05, 0.1) is 23.5 Å². The van der Waals surface area contributed by atoms with Crippen molar-refractivity contribution in [2.45, 2.75) is 12.8 Å². The van der Waals surface area contributed by atoms with Gasteiger partial charge in [-0.25, -0.2) is 13.4 Å². The van der Waals surface area contributed by atoms with Crippen LogP contribution in [0.3, 0.4) is 0 Å². The largest absolute Gasteiger partial charge is 0.368 e. The van der Waals surface area contributed by atoms with Crippen LogP contribution in [0.15, 0.2) is 97.5 Å². The van der Waals surface area contributed by atoms with E-state index >= 15 is 0 Å². The van der Waals surface area contributed by atoms with Crippen LogP contribution < -0.4 is 14.5 Å². The second-order valence-electron chi connectivity index (χ2n) is 10.8. The lowest BCUT2D eigenvalue weighted by Gasteiger charge is -2.36. The van der Waals surface area contributed by atoms with Crippen LogP contribution in [0.1, 0.15) is 11.1 Å². The van der Waals surface area contributed by atoms with E-state index < -0.39 is 10.0 Å². The molecule has 1 saturated heterocycles. The minimum atomic E-state index is -3.33. The van der Waals surface area contributed by atoms with Crippen molar-refractivity contribution >= 4 is 44.0 Å². The predicted octanol–water partition coefficient (Wildman–Crippen LogP) is 4.74. The number of nitrogens with zero attached hydrogens (tertiary/aromatic N) is 5. The standard InChI is InChI=1S/C33H32N6O3S/c1-43(41,42)37-28-9-4-25(5-10-28)21-30(40)20-24-2-6-26(7-3-24)27-8-11-31-32(22-27)36-33(23-35-31)39-18-16-38(17-19-39)29-12-14-34-15-13-29/h2-15,22-23,37H,16-21H2,1H3. The van der Waals surface area contributed by atoms with Crippen molar-refractivity contribution in [1.29, 1.82) is 0 Å². The zero-order valence-corrected chi connectivity index (χ0v) is 24.7. The Morgan fingerprint density at radius 2 is 1.37 bits per heavy atom. The second kappa shape index (κ2) is 12.2. The number of rotatable bonds is 9. The number of carbonyl (C=O) groups excluding carboxylic acids is 1. The minimum absolute atomic E-state index is 0.0895. The van der Waals surface area contributed by atoms with E-state index in [2.05, 4.69) is 30.6 Å². The van der Waals surface area contributed by atoms with Crippen molar-refractivity contribution in [1.82, 2.24) is 15.0 Å². The quantitative estimate of drug-likeness (QED) is 0.261. The number of hydrogen-bond acceptors (Lipinski definition) is 8. The molecule has 1 aliphatic rings. The van der Waals surface area contributed by atoms with E-state index in [1.54, 1.807) is 24.3 Å². The third-order valence-corrected chi connectivity index (χ3v) is 8.11. The number of Topliss-reactive ketones (excluding diaryl/α,β-unsaturated/α-hetero) is 1. The van der Waals surface area contributed by atoms with Crippen LogP contribution in [0.5, 0.6) is 0 Å². The van der Waals surface area contributed by atoms with Gasteiger partial charge in [-0.15, -0.1) is 0 Å². The number of hydrogen-bond donors (Lipinski definition) is 1. The number of carbonyl (C=O) groups is 1. The molecule has 9 nitrogen and oxygen atoms in total. The first-order chi connectivity index (χ1) is 20.8. The van der Waals surface area contributed by atoms with Crippen molar-refractivity contribution in [3.63, 3.8) is 0 Å². The van der Waals surface area contributed by atoms with Crippen LogP contribution in [-0.4, -0.2) is 61.6 Å². The molecule has 0 bridgehead atoms. The van der Waals surface area contributed by atoms with Gasteiger partial charge in [-0.1, -0.05) is 42.5 Å². The number of nitrogens with one attached hydrogen (secondary N) is 1. The molecule has 6 rings (SSSR count). The van der Waals surface area contributed by atoms with Crippen LogP contribution >= 0.6 is 0 Å². The van der Waals surface area contributed by atoms with E-state index in [0.29, 0.717) is 12.1 Å². The Morgan fingerprint density at radius 1 is 0.767 bits per heavy atom. The maximum Gasteiger partial charge on any atom is 0.229 e. The number of fused-ring (bicyclic) bond motifs is 1. The van der Waals surface area contributed by atoms with Crippen LogP contribution in [0.4, 0.5) is 17.2 Å².